The standard InChI is InChI=1S/C16H17F2NO3S2/c17-12-3-4-14(18)11(8-12)9-24(21,22)19-10-16(20)6-1-2-15-13(16)5-7-23-15/h3-5,7-8,19-20H,1-2,6,9-10H2. The molecule has 0 fully saturated rings. The fourth-order valence-electron chi connectivity index (χ4n) is 2.95. The summed E-state index contributed by atoms with van der Waals surface area (Å²) in [6.45, 7) is -0.185. The van der Waals surface area contributed by atoms with Crippen molar-refractivity contribution in [2.45, 2.75) is 30.6 Å². The van der Waals surface area contributed by atoms with Crippen LogP contribution in [-0.4, -0.2) is 20.1 Å². The van der Waals surface area contributed by atoms with E-state index in [-0.39, 0.29) is 12.1 Å². The molecule has 2 aromatic rings. The lowest BCUT2D eigenvalue weighted by Crippen LogP contribution is -2.42. The molecule has 1 unspecified atom stereocenters. The lowest BCUT2D eigenvalue weighted by atomic mass is 9.83. The molecule has 0 amide bonds. The van der Waals surface area contributed by atoms with Gasteiger partial charge in [-0.25, -0.2) is 21.9 Å². The van der Waals surface area contributed by atoms with Gasteiger partial charge in [0.05, 0.1) is 5.75 Å². The summed E-state index contributed by atoms with van der Waals surface area (Å²) in [7, 11) is -3.91. The maximum absolute atomic E-state index is 13.6. The highest BCUT2D eigenvalue weighted by Gasteiger charge is 2.36. The van der Waals surface area contributed by atoms with Crippen LogP contribution >= 0.6 is 11.3 Å². The molecule has 1 heterocycles. The Kier molecular flexibility index (Phi) is 4.74. The third kappa shape index (κ3) is 3.66. The molecule has 1 atom stereocenters. The topological polar surface area (TPSA) is 66.4 Å². The van der Waals surface area contributed by atoms with Crippen LogP contribution in [0.1, 0.15) is 28.8 Å². The monoisotopic (exact) mass is 373 g/mol. The zero-order valence-electron chi connectivity index (χ0n) is 12.8. The number of rotatable bonds is 5. The number of hydrogen-bond acceptors (Lipinski definition) is 4. The second kappa shape index (κ2) is 6.51. The van der Waals surface area contributed by atoms with Gasteiger partial charge in [-0.05, 0) is 54.5 Å². The van der Waals surface area contributed by atoms with Gasteiger partial charge in [0.2, 0.25) is 10.0 Å². The fourth-order valence-corrected chi connectivity index (χ4v) is 5.15. The van der Waals surface area contributed by atoms with Crippen molar-refractivity contribution in [1.29, 1.82) is 0 Å². The minimum absolute atomic E-state index is 0.185. The van der Waals surface area contributed by atoms with Crippen LogP contribution in [-0.2, 0) is 27.8 Å². The average Bonchev–Trinajstić information content (AvgIpc) is 3.00. The first-order valence-electron chi connectivity index (χ1n) is 7.50. The molecule has 0 saturated heterocycles. The van der Waals surface area contributed by atoms with Crippen molar-refractivity contribution in [3.05, 3.63) is 57.3 Å². The fraction of sp³-hybridized carbons (Fsp3) is 0.375. The predicted octanol–water partition coefficient (Wildman–Crippen LogP) is 2.67. The summed E-state index contributed by atoms with van der Waals surface area (Å²) >= 11 is 1.54. The molecule has 1 aromatic carbocycles. The normalized spacial score (nSPS) is 20.8. The van der Waals surface area contributed by atoms with Gasteiger partial charge >= 0.3 is 0 Å². The number of fused-ring (bicyclic) bond motifs is 1. The Balaban J connectivity index is 1.73. The molecule has 8 heteroatoms. The summed E-state index contributed by atoms with van der Waals surface area (Å²) in [5, 5.41) is 12.7. The molecule has 1 aromatic heterocycles. The van der Waals surface area contributed by atoms with E-state index in [0.29, 0.717) is 6.42 Å². The molecule has 1 aliphatic carbocycles. The van der Waals surface area contributed by atoms with Crippen molar-refractivity contribution in [3.63, 3.8) is 0 Å². The predicted molar refractivity (Wildman–Crippen MR) is 88.1 cm³/mol. The van der Waals surface area contributed by atoms with Crippen LogP contribution in [0.3, 0.4) is 0 Å². The molecule has 0 radical (unpaired) electrons. The molecule has 130 valence electrons. The van der Waals surface area contributed by atoms with Gasteiger partial charge in [-0.15, -0.1) is 11.3 Å². The number of aryl methyl sites for hydroxylation is 1. The number of halogens is 2. The van der Waals surface area contributed by atoms with Crippen LogP contribution in [0.5, 0.6) is 0 Å². The van der Waals surface area contributed by atoms with E-state index in [1.165, 1.54) is 11.3 Å². The van der Waals surface area contributed by atoms with Crippen molar-refractivity contribution in [1.82, 2.24) is 4.72 Å². The highest BCUT2D eigenvalue weighted by molar-refractivity contribution is 7.88. The van der Waals surface area contributed by atoms with Crippen molar-refractivity contribution in [2.75, 3.05) is 6.54 Å². The number of nitrogens with one attached hydrogen (secondary N) is 1. The molecule has 3 rings (SSSR count). The van der Waals surface area contributed by atoms with Crippen molar-refractivity contribution >= 4 is 21.4 Å². The SMILES string of the molecule is O=S(=O)(Cc1cc(F)ccc1F)NCC1(O)CCCc2sccc21. The van der Waals surface area contributed by atoms with Crippen LogP contribution in [0, 0.1) is 11.6 Å². The summed E-state index contributed by atoms with van der Waals surface area (Å²) < 4.78 is 53.5. The summed E-state index contributed by atoms with van der Waals surface area (Å²) in [5.74, 6) is -2.16. The van der Waals surface area contributed by atoms with Crippen molar-refractivity contribution < 1.29 is 22.3 Å². The molecule has 24 heavy (non-hydrogen) atoms. The van der Waals surface area contributed by atoms with Crippen LogP contribution in [0.4, 0.5) is 8.78 Å². The first-order chi connectivity index (χ1) is 11.3. The Morgan fingerprint density at radius 3 is 2.88 bits per heavy atom. The summed E-state index contributed by atoms with van der Waals surface area (Å²) in [4.78, 5) is 1.05. The molecular formula is C16H17F2NO3S2. The van der Waals surface area contributed by atoms with E-state index in [1.807, 2.05) is 5.38 Å². The first kappa shape index (κ1) is 17.5. The van der Waals surface area contributed by atoms with Crippen LogP contribution in [0.25, 0.3) is 0 Å². The van der Waals surface area contributed by atoms with Gasteiger partial charge < -0.3 is 5.11 Å². The lowest BCUT2D eigenvalue weighted by Gasteiger charge is -2.32. The van der Waals surface area contributed by atoms with Gasteiger partial charge in [-0.1, -0.05) is 0 Å². The lowest BCUT2D eigenvalue weighted by molar-refractivity contribution is 0.0251. The maximum atomic E-state index is 13.6. The zero-order valence-corrected chi connectivity index (χ0v) is 14.4. The summed E-state index contributed by atoms with van der Waals surface area (Å²) in [6.07, 6.45) is 2.09. The smallest absolute Gasteiger partial charge is 0.215 e. The van der Waals surface area contributed by atoms with Gasteiger partial charge in [0.1, 0.15) is 17.2 Å². The van der Waals surface area contributed by atoms with Gasteiger partial charge in [-0.2, -0.15) is 0 Å². The second-order valence-electron chi connectivity index (χ2n) is 5.96. The van der Waals surface area contributed by atoms with E-state index >= 15 is 0 Å². The molecule has 0 aliphatic heterocycles. The number of aliphatic hydroxyl groups is 1. The number of thiophene rings is 1. The van der Waals surface area contributed by atoms with Crippen LogP contribution in [0.2, 0.25) is 0 Å². The third-order valence-electron chi connectivity index (χ3n) is 4.18. The molecule has 2 N–H and O–H groups in total. The van der Waals surface area contributed by atoms with Crippen molar-refractivity contribution in [2.24, 2.45) is 0 Å². The largest absolute Gasteiger partial charge is 0.384 e. The number of sulfonamides is 1. The maximum Gasteiger partial charge on any atom is 0.215 e. The minimum atomic E-state index is -3.91. The van der Waals surface area contributed by atoms with Crippen LogP contribution in [0.15, 0.2) is 29.6 Å². The minimum Gasteiger partial charge on any atom is -0.384 e. The van der Waals surface area contributed by atoms with E-state index in [2.05, 4.69) is 4.72 Å². The number of benzene rings is 1. The third-order valence-corrected chi connectivity index (χ3v) is 6.43. The van der Waals surface area contributed by atoms with Gasteiger partial charge in [0.15, 0.2) is 0 Å². The highest BCUT2D eigenvalue weighted by Crippen LogP contribution is 2.37. The summed E-state index contributed by atoms with van der Waals surface area (Å²) in [6, 6.07) is 4.49. The molecule has 0 bridgehead atoms. The highest BCUT2D eigenvalue weighted by atomic mass is 32.2. The molecule has 4 nitrogen and oxygen atoms in total. The molecular weight excluding hydrogens is 356 g/mol. The Hall–Kier alpha value is -1.35. The Morgan fingerprint density at radius 1 is 1.29 bits per heavy atom. The second-order valence-corrected chi connectivity index (χ2v) is 8.77. The number of hydrogen-bond donors (Lipinski definition) is 2. The van der Waals surface area contributed by atoms with E-state index in [9.17, 15) is 22.3 Å². The molecule has 1 aliphatic rings. The average molecular weight is 373 g/mol. The molecule has 0 saturated carbocycles. The van der Waals surface area contributed by atoms with Crippen molar-refractivity contribution in [3.8, 4) is 0 Å². The van der Waals surface area contributed by atoms with Gasteiger partial charge in [-0.3, -0.25) is 0 Å². The van der Waals surface area contributed by atoms with Crippen LogP contribution < -0.4 is 4.72 Å². The van der Waals surface area contributed by atoms with E-state index < -0.39 is 33.0 Å². The van der Waals surface area contributed by atoms with Gasteiger partial charge in [0, 0.05) is 17.0 Å². The quantitative estimate of drug-likeness (QED) is 0.847. The Bertz CT molecular complexity index is 851. The van der Waals surface area contributed by atoms with E-state index in [1.54, 1.807) is 6.07 Å². The Labute approximate surface area is 143 Å². The molecule has 0 spiro atoms. The first-order valence-corrected chi connectivity index (χ1v) is 10.0. The Morgan fingerprint density at radius 2 is 2.08 bits per heavy atom. The van der Waals surface area contributed by atoms with E-state index in [0.717, 1.165) is 41.5 Å². The van der Waals surface area contributed by atoms with Gasteiger partial charge in [0.25, 0.3) is 0 Å². The van der Waals surface area contributed by atoms with E-state index in [4.69, 9.17) is 0 Å². The zero-order chi connectivity index (χ0) is 17.4. The summed E-state index contributed by atoms with van der Waals surface area (Å²) in [5.41, 5.74) is -0.756.